The van der Waals surface area contributed by atoms with Crippen molar-refractivity contribution >= 4 is 11.6 Å². The fourth-order valence-electron chi connectivity index (χ4n) is 2.25. The molecule has 2 rings (SSSR count). The zero-order valence-electron chi connectivity index (χ0n) is 14.0. The lowest BCUT2D eigenvalue weighted by Crippen LogP contribution is -2.27. The molecule has 122 valence electrons. The number of nitrogens with one attached hydrogen (secondary N) is 2. The number of aryl methyl sites for hydroxylation is 2. The molecule has 4 heteroatoms. The Morgan fingerprint density at radius 3 is 2.62 bits per heavy atom. The first-order chi connectivity index (χ1) is 11.6. The Labute approximate surface area is 142 Å². The molecule has 0 aliphatic carbocycles. The van der Waals surface area contributed by atoms with E-state index in [0.717, 1.165) is 28.8 Å². The quantitative estimate of drug-likeness (QED) is 0.633. The first-order valence-corrected chi connectivity index (χ1v) is 7.86. The molecule has 0 saturated carbocycles. The van der Waals surface area contributed by atoms with Crippen LogP contribution in [-0.4, -0.2) is 12.5 Å². The Hall–Kier alpha value is -3.06. The van der Waals surface area contributed by atoms with Crippen LogP contribution in [-0.2, 0) is 11.2 Å². The molecule has 0 unspecified atom stereocenters. The van der Waals surface area contributed by atoms with Crippen molar-refractivity contribution in [3.8, 4) is 6.07 Å². The van der Waals surface area contributed by atoms with Crippen molar-refractivity contribution in [2.75, 3.05) is 11.9 Å². The van der Waals surface area contributed by atoms with Gasteiger partial charge < -0.3 is 10.6 Å². The molecule has 4 nitrogen and oxygen atoms in total. The van der Waals surface area contributed by atoms with Crippen LogP contribution in [0.25, 0.3) is 0 Å². The summed E-state index contributed by atoms with van der Waals surface area (Å²) in [7, 11) is 0. The van der Waals surface area contributed by atoms with Crippen LogP contribution in [0.3, 0.4) is 0 Å². The van der Waals surface area contributed by atoms with Crippen LogP contribution in [0.5, 0.6) is 0 Å². The second-order valence-electron chi connectivity index (χ2n) is 5.62. The van der Waals surface area contributed by atoms with E-state index in [2.05, 4.69) is 10.6 Å². The minimum atomic E-state index is -0.369. The minimum absolute atomic E-state index is 0.0592. The van der Waals surface area contributed by atoms with E-state index in [9.17, 15) is 10.1 Å². The van der Waals surface area contributed by atoms with E-state index in [0.29, 0.717) is 6.54 Å². The average molecular weight is 319 g/mol. The maximum absolute atomic E-state index is 12.1. The van der Waals surface area contributed by atoms with Gasteiger partial charge in [-0.1, -0.05) is 42.5 Å². The second-order valence-corrected chi connectivity index (χ2v) is 5.62. The molecule has 1 amide bonds. The number of hydrogen-bond acceptors (Lipinski definition) is 3. The lowest BCUT2D eigenvalue weighted by Gasteiger charge is -2.08. The van der Waals surface area contributed by atoms with Crippen LogP contribution in [0.15, 0.2) is 60.3 Å². The van der Waals surface area contributed by atoms with Gasteiger partial charge in [-0.2, -0.15) is 5.26 Å². The standard InChI is InChI=1S/C20H21N3O/c1-15-8-9-16(2)19(12-15)23-14-18(13-21)20(24)22-11-10-17-6-4-3-5-7-17/h3-9,12,14,23H,10-11H2,1-2H3,(H,22,24)/b18-14-. The lowest BCUT2D eigenvalue weighted by molar-refractivity contribution is -0.117. The summed E-state index contributed by atoms with van der Waals surface area (Å²) in [6.07, 6.45) is 2.19. The molecule has 0 fully saturated rings. The summed E-state index contributed by atoms with van der Waals surface area (Å²) >= 11 is 0. The second kappa shape index (κ2) is 8.54. The van der Waals surface area contributed by atoms with E-state index in [1.165, 1.54) is 6.20 Å². The molecular formula is C20H21N3O. The number of carbonyl (C=O) groups excluding carboxylic acids is 1. The van der Waals surface area contributed by atoms with Gasteiger partial charge in [0.1, 0.15) is 11.6 Å². The third-order valence-electron chi connectivity index (χ3n) is 3.67. The summed E-state index contributed by atoms with van der Waals surface area (Å²) in [6, 6.07) is 17.8. The van der Waals surface area contributed by atoms with Gasteiger partial charge in [-0.3, -0.25) is 4.79 Å². The SMILES string of the molecule is Cc1ccc(C)c(N/C=C(/C#N)C(=O)NCCc2ccccc2)c1. The van der Waals surface area contributed by atoms with Gasteiger partial charge >= 0.3 is 0 Å². The van der Waals surface area contributed by atoms with Gasteiger partial charge in [0.25, 0.3) is 5.91 Å². The van der Waals surface area contributed by atoms with E-state index >= 15 is 0 Å². The zero-order chi connectivity index (χ0) is 17.4. The summed E-state index contributed by atoms with van der Waals surface area (Å²) in [6.45, 7) is 4.46. The molecule has 0 saturated heterocycles. The van der Waals surface area contributed by atoms with Gasteiger partial charge in [-0.25, -0.2) is 0 Å². The van der Waals surface area contributed by atoms with E-state index in [1.807, 2.05) is 68.4 Å². The molecule has 0 aromatic heterocycles. The molecule has 2 aromatic rings. The van der Waals surface area contributed by atoms with Crippen molar-refractivity contribution in [1.29, 1.82) is 5.26 Å². The molecule has 0 atom stereocenters. The summed E-state index contributed by atoms with van der Waals surface area (Å²) < 4.78 is 0. The summed E-state index contributed by atoms with van der Waals surface area (Å²) in [5, 5.41) is 15.0. The highest BCUT2D eigenvalue weighted by Gasteiger charge is 2.08. The van der Waals surface area contributed by atoms with Gasteiger partial charge in [0.15, 0.2) is 0 Å². The van der Waals surface area contributed by atoms with E-state index in [-0.39, 0.29) is 11.5 Å². The van der Waals surface area contributed by atoms with Gasteiger partial charge in [-0.15, -0.1) is 0 Å². The van der Waals surface area contributed by atoms with E-state index < -0.39 is 0 Å². The van der Waals surface area contributed by atoms with Crippen molar-refractivity contribution in [3.05, 3.63) is 77.0 Å². The van der Waals surface area contributed by atoms with Crippen LogP contribution < -0.4 is 10.6 Å². The number of nitriles is 1. The van der Waals surface area contributed by atoms with Crippen molar-refractivity contribution < 1.29 is 4.79 Å². The van der Waals surface area contributed by atoms with Crippen molar-refractivity contribution in [2.45, 2.75) is 20.3 Å². The number of amides is 1. The molecule has 2 N–H and O–H groups in total. The number of anilines is 1. The fourth-order valence-corrected chi connectivity index (χ4v) is 2.25. The summed E-state index contributed by atoms with van der Waals surface area (Å²) in [5.74, 6) is -0.369. The molecule has 24 heavy (non-hydrogen) atoms. The van der Waals surface area contributed by atoms with E-state index in [4.69, 9.17) is 0 Å². The molecule has 0 radical (unpaired) electrons. The fraction of sp³-hybridized carbons (Fsp3) is 0.200. The van der Waals surface area contributed by atoms with Crippen LogP contribution in [0.2, 0.25) is 0 Å². The number of carbonyl (C=O) groups is 1. The highest BCUT2D eigenvalue weighted by atomic mass is 16.1. The van der Waals surface area contributed by atoms with Crippen LogP contribution >= 0.6 is 0 Å². The Kier molecular flexibility index (Phi) is 6.16. The summed E-state index contributed by atoms with van der Waals surface area (Å²) in [5.41, 5.74) is 4.26. The first-order valence-electron chi connectivity index (χ1n) is 7.86. The predicted octanol–water partition coefficient (Wildman–Crippen LogP) is 3.48. The molecule has 2 aromatic carbocycles. The normalized spacial score (nSPS) is 10.8. The van der Waals surface area contributed by atoms with Crippen LogP contribution in [0.1, 0.15) is 16.7 Å². The molecule has 0 aliphatic rings. The molecular weight excluding hydrogens is 298 g/mol. The Morgan fingerprint density at radius 2 is 1.92 bits per heavy atom. The van der Waals surface area contributed by atoms with Gasteiger partial charge in [0.2, 0.25) is 0 Å². The highest BCUT2D eigenvalue weighted by Crippen LogP contribution is 2.16. The molecule has 0 heterocycles. The minimum Gasteiger partial charge on any atom is -0.360 e. The van der Waals surface area contributed by atoms with E-state index in [1.54, 1.807) is 0 Å². The Morgan fingerprint density at radius 1 is 1.17 bits per heavy atom. The number of nitrogens with zero attached hydrogens (tertiary/aromatic N) is 1. The zero-order valence-corrected chi connectivity index (χ0v) is 14.0. The average Bonchev–Trinajstić information content (AvgIpc) is 2.59. The maximum Gasteiger partial charge on any atom is 0.263 e. The largest absolute Gasteiger partial charge is 0.360 e. The predicted molar refractivity (Wildman–Crippen MR) is 96.4 cm³/mol. The summed E-state index contributed by atoms with van der Waals surface area (Å²) in [4.78, 5) is 12.1. The molecule has 0 spiro atoms. The van der Waals surface area contributed by atoms with Crippen molar-refractivity contribution in [1.82, 2.24) is 5.32 Å². The number of hydrogen-bond donors (Lipinski definition) is 2. The third kappa shape index (κ3) is 4.99. The first kappa shape index (κ1) is 17.3. The molecule has 0 bridgehead atoms. The number of benzene rings is 2. The monoisotopic (exact) mass is 319 g/mol. The smallest absolute Gasteiger partial charge is 0.263 e. The van der Waals surface area contributed by atoms with Gasteiger partial charge in [0.05, 0.1) is 0 Å². The van der Waals surface area contributed by atoms with Crippen molar-refractivity contribution in [3.63, 3.8) is 0 Å². The van der Waals surface area contributed by atoms with Gasteiger partial charge in [-0.05, 0) is 43.0 Å². The molecule has 0 aliphatic heterocycles. The Bertz CT molecular complexity index is 773. The Balaban J connectivity index is 1.93. The maximum atomic E-state index is 12.1. The lowest BCUT2D eigenvalue weighted by atomic mass is 10.1. The van der Waals surface area contributed by atoms with Gasteiger partial charge in [0, 0.05) is 18.4 Å². The van der Waals surface area contributed by atoms with Crippen molar-refractivity contribution in [2.24, 2.45) is 0 Å². The number of rotatable bonds is 6. The highest BCUT2D eigenvalue weighted by molar-refractivity contribution is 5.97. The third-order valence-corrected chi connectivity index (χ3v) is 3.67. The van der Waals surface area contributed by atoms with Crippen LogP contribution in [0, 0.1) is 25.2 Å². The van der Waals surface area contributed by atoms with Crippen LogP contribution in [0.4, 0.5) is 5.69 Å². The topological polar surface area (TPSA) is 64.9 Å².